The van der Waals surface area contributed by atoms with E-state index in [0.717, 1.165) is 4.70 Å². The van der Waals surface area contributed by atoms with Crippen molar-refractivity contribution >= 4 is 44.1 Å². The Hall–Kier alpha value is -4.63. The molecule has 8 nitrogen and oxygen atoms in total. The van der Waals surface area contributed by atoms with Crippen molar-refractivity contribution < 1.29 is 28.9 Å². The van der Waals surface area contributed by atoms with Crippen molar-refractivity contribution in [2.45, 2.75) is 6.04 Å². The van der Waals surface area contributed by atoms with Crippen molar-refractivity contribution in [1.82, 2.24) is 4.98 Å². The second-order valence-electron chi connectivity index (χ2n) is 8.40. The molecule has 0 bridgehead atoms. The number of rotatable bonds is 8. The number of amides is 1. The normalized spacial score (nSPS) is 16.6. The van der Waals surface area contributed by atoms with Crippen LogP contribution >= 0.6 is 11.3 Å². The molecule has 1 saturated heterocycles. The molecule has 0 spiro atoms. The number of carbonyl (C=O) groups excluding carboxylic acids is 2. The number of ether oxygens (including phenoxy) is 3. The molecule has 5 rings (SSSR count). The molecule has 0 radical (unpaired) electrons. The molecule has 2 heterocycles. The lowest BCUT2D eigenvalue weighted by molar-refractivity contribution is -0.132. The predicted octanol–water partition coefficient (Wildman–Crippen LogP) is 5.50. The number of fused-ring (bicyclic) bond motifs is 1. The number of aliphatic hydroxyl groups excluding tert-OH is 1. The summed E-state index contributed by atoms with van der Waals surface area (Å²) in [6, 6.07) is 18.1. The summed E-state index contributed by atoms with van der Waals surface area (Å²) in [4.78, 5) is 32.9. The highest BCUT2D eigenvalue weighted by molar-refractivity contribution is 7.22. The van der Waals surface area contributed by atoms with Crippen LogP contribution in [0.4, 0.5) is 5.13 Å². The molecule has 0 aliphatic carbocycles. The number of nitrogens with zero attached hydrogens (tertiary/aromatic N) is 2. The average molecular weight is 529 g/mol. The molecule has 3 aromatic carbocycles. The summed E-state index contributed by atoms with van der Waals surface area (Å²) in [6.45, 7) is 3.96. The molecule has 9 heteroatoms. The number of methoxy groups -OCH3 is 2. The number of anilines is 1. The van der Waals surface area contributed by atoms with E-state index in [1.807, 2.05) is 6.07 Å². The van der Waals surface area contributed by atoms with Gasteiger partial charge in [-0.2, -0.15) is 0 Å². The number of benzene rings is 3. The molecule has 38 heavy (non-hydrogen) atoms. The van der Waals surface area contributed by atoms with Crippen LogP contribution in [0.3, 0.4) is 0 Å². The van der Waals surface area contributed by atoms with Gasteiger partial charge in [0, 0.05) is 5.56 Å². The summed E-state index contributed by atoms with van der Waals surface area (Å²) >= 11 is 1.26. The Balaban J connectivity index is 1.69. The predicted molar refractivity (Wildman–Crippen MR) is 146 cm³/mol. The Bertz CT molecular complexity index is 1570. The molecule has 1 aliphatic rings. The number of Topliss-reactive ketones (excluding diaryl/α,β-unsaturated/α-hetero) is 1. The van der Waals surface area contributed by atoms with Gasteiger partial charge in [-0.05, 0) is 60.2 Å². The van der Waals surface area contributed by atoms with Gasteiger partial charge in [0.1, 0.15) is 29.6 Å². The summed E-state index contributed by atoms with van der Waals surface area (Å²) in [5.74, 6) is -0.107. The van der Waals surface area contributed by atoms with Gasteiger partial charge in [0.2, 0.25) is 0 Å². The molecular formula is C29H24N2O6S. The Morgan fingerprint density at radius 3 is 2.47 bits per heavy atom. The summed E-state index contributed by atoms with van der Waals surface area (Å²) in [5.41, 5.74) is 1.57. The minimum absolute atomic E-state index is 0.0436. The van der Waals surface area contributed by atoms with Crippen molar-refractivity contribution in [3.8, 4) is 17.2 Å². The van der Waals surface area contributed by atoms with Gasteiger partial charge < -0.3 is 19.3 Å². The SMILES string of the molecule is C=CCOc1cccc(C2C(=C(O)c3ccc(OC)cc3)C(=O)C(=O)N2c2nc3ccc(OC)cc3s2)c1. The van der Waals surface area contributed by atoms with Crippen LogP contribution in [-0.2, 0) is 9.59 Å². The van der Waals surface area contributed by atoms with E-state index in [0.29, 0.717) is 39.0 Å². The Morgan fingerprint density at radius 2 is 1.76 bits per heavy atom. The molecule has 4 aromatic rings. The number of aliphatic hydroxyl groups is 1. The molecule has 1 amide bonds. The van der Waals surface area contributed by atoms with Gasteiger partial charge in [-0.15, -0.1) is 0 Å². The van der Waals surface area contributed by atoms with E-state index in [9.17, 15) is 14.7 Å². The first kappa shape index (κ1) is 25.0. The summed E-state index contributed by atoms with van der Waals surface area (Å²) < 4.78 is 17.0. The van der Waals surface area contributed by atoms with Crippen molar-refractivity contribution in [3.05, 3.63) is 96.1 Å². The van der Waals surface area contributed by atoms with Gasteiger partial charge in [-0.3, -0.25) is 14.5 Å². The van der Waals surface area contributed by atoms with Crippen LogP contribution < -0.4 is 19.1 Å². The van der Waals surface area contributed by atoms with Crippen LogP contribution in [0.15, 0.2) is 85.0 Å². The van der Waals surface area contributed by atoms with Gasteiger partial charge in [0.05, 0.1) is 36.1 Å². The van der Waals surface area contributed by atoms with E-state index in [1.165, 1.54) is 23.3 Å². The molecule has 1 unspecified atom stereocenters. The van der Waals surface area contributed by atoms with E-state index in [-0.39, 0.29) is 17.9 Å². The first-order chi connectivity index (χ1) is 18.4. The zero-order chi connectivity index (χ0) is 26.8. The van der Waals surface area contributed by atoms with Gasteiger partial charge in [-0.1, -0.05) is 36.1 Å². The topological polar surface area (TPSA) is 98.2 Å². The molecule has 1 fully saturated rings. The smallest absolute Gasteiger partial charge is 0.301 e. The van der Waals surface area contributed by atoms with E-state index in [2.05, 4.69) is 11.6 Å². The molecule has 1 aliphatic heterocycles. The standard InChI is InChI=1S/C29H24N2O6S/c1-4-14-37-21-7-5-6-18(15-21)25-24(26(32)17-8-10-19(35-2)11-9-17)27(33)28(34)31(25)29-30-22-13-12-20(36-3)16-23(22)38-29/h4-13,15-16,25,32H,1,14H2,2-3H3. The monoisotopic (exact) mass is 528 g/mol. The third-order valence-electron chi connectivity index (χ3n) is 6.14. The fraction of sp³-hybridized carbons (Fsp3) is 0.138. The number of hydrogen-bond donors (Lipinski definition) is 1. The van der Waals surface area contributed by atoms with Crippen LogP contribution in [0, 0.1) is 0 Å². The van der Waals surface area contributed by atoms with Gasteiger partial charge in [-0.25, -0.2) is 4.98 Å². The van der Waals surface area contributed by atoms with Crippen molar-refractivity contribution in [1.29, 1.82) is 0 Å². The van der Waals surface area contributed by atoms with Crippen LogP contribution in [-0.4, -0.2) is 42.6 Å². The summed E-state index contributed by atoms with van der Waals surface area (Å²) in [7, 11) is 3.11. The lowest BCUT2D eigenvalue weighted by Crippen LogP contribution is -2.29. The Morgan fingerprint density at radius 1 is 1.03 bits per heavy atom. The van der Waals surface area contributed by atoms with Crippen LogP contribution in [0.25, 0.3) is 16.0 Å². The third-order valence-corrected chi connectivity index (χ3v) is 7.16. The molecule has 0 saturated carbocycles. The maximum absolute atomic E-state index is 13.5. The first-order valence-electron chi connectivity index (χ1n) is 11.7. The highest BCUT2D eigenvalue weighted by Gasteiger charge is 2.48. The van der Waals surface area contributed by atoms with Crippen LogP contribution in [0.5, 0.6) is 17.2 Å². The number of hydrogen-bond acceptors (Lipinski definition) is 8. The quantitative estimate of drug-likeness (QED) is 0.139. The lowest BCUT2D eigenvalue weighted by Gasteiger charge is -2.23. The molecule has 192 valence electrons. The average Bonchev–Trinajstić information content (AvgIpc) is 3.49. The minimum Gasteiger partial charge on any atom is -0.507 e. The summed E-state index contributed by atoms with van der Waals surface area (Å²) in [5, 5.41) is 11.7. The third kappa shape index (κ3) is 4.48. The number of ketones is 1. The zero-order valence-corrected chi connectivity index (χ0v) is 21.5. The molecule has 1 N–H and O–H groups in total. The van der Waals surface area contributed by atoms with Crippen LogP contribution in [0.1, 0.15) is 17.2 Å². The number of thiazole rings is 1. The minimum atomic E-state index is -0.938. The second-order valence-corrected chi connectivity index (χ2v) is 9.41. The molecule has 1 aromatic heterocycles. The van der Waals surface area contributed by atoms with Crippen LogP contribution in [0.2, 0.25) is 0 Å². The van der Waals surface area contributed by atoms with E-state index in [4.69, 9.17) is 14.2 Å². The van der Waals surface area contributed by atoms with Crippen molar-refractivity contribution in [2.75, 3.05) is 25.7 Å². The lowest BCUT2D eigenvalue weighted by atomic mass is 9.95. The number of aromatic nitrogens is 1. The largest absolute Gasteiger partial charge is 0.507 e. The molecular weight excluding hydrogens is 504 g/mol. The van der Waals surface area contributed by atoms with E-state index in [1.54, 1.807) is 73.8 Å². The fourth-order valence-electron chi connectivity index (χ4n) is 4.30. The van der Waals surface area contributed by atoms with Crippen molar-refractivity contribution in [2.24, 2.45) is 0 Å². The zero-order valence-electron chi connectivity index (χ0n) is 20.7. The highest BCUT2D eigenvalue weighted by atomic mass is 32.1. The second kappa shape index (κ2) is 10.4. The highest BCUT2D eigenvalue weighted by Crippen LogP contribution is 2.45. The Kier molecular flexibility index (Phi) is 6.85. The molecule has 1 atom stereocenters. The summed E-state index contributed by atoms with van der Waals surface area (Å²) in [6.07, 6.45) is 1.62. The van der Waals surface area contributed by atoms with E-state index < -0.39 is 17.7 Å². The first-order valence-corrected chi connectivity index (χ1v) is 12.5. The fourth-order valence-corrected chi connectivity index (χ4v) is 5.32. The van der Waals surface area contributed by atoms with Gasteiger partial charge >= 0.3 is 5.91 Å². The van der Waals surface area contributed by atoms with Gasteiger partial charge in [0.15, 0.2) is 5.13 Å². The Labute approximate surface area is 223 Å². The van der Waals surface area contributed by atoms with Crippen molar-refractivity contribution in [3.63, 3.8) is 0 Å². The van der Waals surface area contributed by atoms with E-state index >= 15 is 0 Å². The maximum atomic E-state index is 13.5. The maximum Gasteiger partial charge on any atom is 0.301 e. The number of carbonyl (C=O) groups is 2. The van der Waals surface area contributed by atoms with Gasteiger partial charge in [0.25, 0.3) is 5.78 Å².